The summed E-state index contributed by atoms with van der Waals surface area (Å²) in [7, 11) is 1.62. The molecule has 1 saturated heterocycles. The molecule has 0 N–H and O–H groups in total. The van der Waals surface area contributed by atoms with Crippen molar-refractivity contribution in [1.29, 1.82) is 0 Å². The average molecular weight is 384 g/mol. The van der Waals surface area contributed by atoms with Gasteiger partial charge in [-0.25, -0.2) is 0 Å². The number of carbonyl (C=O) groups excluding carboxylic acids is 1. The van der Waals surface area contributed by atoms with Gasteiger partial charge in [0.25, 0.3) is 5.89 Å². The van der Waals surface area contributed by atoms with Gasteiger partial charge < -0.3 is 14.2 Å². The van der Waals surface area contributed by atoms with E-state index in [0.717, 1.165) is 22.6 Å². The van der Waals surface area contributed by atoms with Gasteiger partial charge in [-0.2, -0.15) is 4.98 Å². The molecule has 4 rings (SSSR count). The van der Waals surface area contributed by atoms with Crippen LogP contribution in [0, 0.1) is 6.92 Å². The molecule has 27 heavy (non-hydrogen) atoms. The zero-order chi connectivity index (χ0) is 19.0. The van der Waals surface area contributed by atoms with E-state index >= 15 is 0 Å². The Morgan fingerprint density at radius 2 is 2.00 bits per heavy atom. The van der Waals surface area contributed by atoms with Gasteiger partial charge >= 0.3 is 0 Å². The predicted molar refractivity (Wildman–Crippen MR) is 102 cm³/mol. The maximum Gasteiger partial charge on any atom is 0.257 e. The highest BCUT2D eigenvalue weighted by Crippen LogP contribution is 2.35. The molecule has 2 heterocycles. The van der Waals surface area contributed by atoms with Crippen LogP contribution in [0.1, 0.15) is 23.7 Å². The van der Waals surface area contributed by atoms with Crippen LogP contribution >= 0.6 is 11.6 Å². The number of rotatable bonds is 4. The van der Waals surface area contributed by atoms with Crippen LogP contribution < -0.4 is 9.64 Å². The summed E-state index contributed by atoms with van der Waals surface area (Å²) in [5.74, 6) is 1.63. The van der Waals surface area contributed by atoms with Crippen molar-refractivity contribution in [3.05, 3.63) is 58.9 Å². The molecule has 6 nitrogen and oxygen atoms in total. The topological polar surface area (TPSA) is 68.5 Å². The highest BCUT2D eigenvalue weighted by Gasteiger charge is 2.35. The number of halogens is 1. The Morgan fingerprint density at radius 3 is 2.74 bits per heavy atom. The van der Waals surface area contributed by atoms with Crippen LogP contribution in [0.2, 0.25) is 5.02 Å². The van der Waals surface area contributed by atoms with Crippen LogP contribution in [0.15, 0.2) is 47.0 Å². The lowest BCUT2D eigenvalue weighted by Gasteiger charge is -2.19. The summed E-state index contributed by atoms with van der Waals surface area (Å²) >= 11 is 6.20. The number of aromatic nitrogens is 2. The van der Waals surface area contributed by atoms with Gasteiger partial charge in [0.05, 0.1) is 7.11 Å². The lowest BCUT2D eigenvalue weighted by atomic mass is 10.1. The Kier molecular flexibility index (Phi) is 4.58. The molecule has 1 unspecified atom stereocenters. The Labute approximate surface area is 161 Å². The third-order valence-electron chi connectivity index (χ3n) is 4.80. The van der Waals surface area contributed by atoms with Crippen molar-refractivity contribution < 1.29 is 14.1 Å². The number of carbonyl (C=O) groups is 1. The van der Waals surface area contributed by atoms with E-state index in [1.54, 1.807) is 12.0 Å². The molecule has 0 bridgehead atoms. The molecule has 1 aliphatic heterocycles. The summed E-state index contributed by atoms with van der Waals surface area (Å²) in [6.45, 7) is 2.41. The van der Waals surface area contributed by atoms with Gasteiger partial charge in [-0.1, -0.05) is 22.8 Å². The van der Waals surface area contributed by atoms with Crippen molar-refractivity contribution in [2.24, 2.45) is 0 Å². The lowest BCUT2D eigenvalue weighted by Crippen LogP contribution is -2.25. The Morgan fingerprint density at radius 1 is 1.22 bits per heavy atom. The molecule has 1 atom stereocenters. The number of hydrogen-bond donors (Lipinski definition) is 0. The zero-order valence-corrected chi connectivity index (χ0v) is 15.7. The first kappa shape index (κ1) is 17.5. The van der Waals surface area contributed by atoms with Crippen LogP contribution in [0.25, 0.3) is 11.5 Å². The molecule has 1 fully saturated rings. The first-order valence-electron chi connectivity index (χ1n) is 8.60. The molecule has 0 radical (unpaired) electrons. The first-order valence-corrected chi connectivity index (χ1v) is 8.98. The number of benzene rings is 2. The number of ether oxygens (including phenoxy) is 1. The molecule has 138 valence electrons. The van der Waals surface area contributed by atoms with E-state index in [-0.39, 0.29) is 11.8 Å². The largest absolute Gasteiger partial charge is 0.497 e. The minimum Gasteiger partial charge on any atom is -0.497 e. The van der Waals surface area contributed by atoms with Crippen molar-refractivity contribution in [2.75, 3.05) is 18.6 Å². The molecule has 1 aromatic heterocycles. The van der Waals surface area contributed by atoms with Gasteiger partial charge in [0.2, 0.25) is 5.91 Å². The van der Waals surface area contributed by atoms with Gasteiger partial charge in [0.1, 0.15) is 5.75 Å². The van der Waals surface area contributed by atoms with Gasteiger partial charge in [-0.05, 0) is 48.9 Å². The second kappa shape index (κ2) is 7.04. The summed E-state index contributed by atoms with van der Waals surface area (Å²) in [6.07, 6.45) is 0.341. The second-order valence-corrected chi connectivity index (χ2v) is 6.88. The zero-order valence-electron chi connectivity index (χ0n) is 15.0. The third-order valence-corrected chi connectivity index (χ3v) is 5.21. The Bertz CT molecular complexity index is 984. The maximum absolute atomic E-state index is 12.6. The van der Waals surface area contributed by atoms with Gasteiger partial charge in [0, 0.05) is 35.2 Å². The standard InChI is InChI=1S/C20H18ClN3O3/c1-12-16(21)4-3-5-17(12)24-11-14(10-18(24)25)19-22-20(27-23-19)13-6-8-15(26-2)9-7-13/h3-9,14H,10-11H2,1-2H3. The van der Waals surface area contributed by atoms with Crippen LogP contribution in [-0.4, -0.2) is 29.7 Å². The summed E-state index contributed by atoms with van der Waals surface area (Å²) in [5.41, 5.74) is 2.52. The maximum atomic E-state index is 12.6. The predicted octanol–water partition coefficient (Wildman–Crippen LogP) is 4.23. The van der Waals surface area contributed by atoms with Crippen LogP contribution in [0.5, 0.6) is 5.75 Å². The van der Waals surface area contributed by atoms with Crippen molar-refractivity contribution in [3.63, 3.8) is 0 Å². The number of amides is 1. The summed E-state index contributed by atoms with van der Waals surface area (Å²) in [5, 5.41) is 4.74. The fourth-order valence-corrected chi connectivity index (χ4v) is 3.42. The van der Waals surface area contributed by atoms with E-state index in [0.29, 0.717) is 29.7 Å². The van der Waals surface area contributed by atoms with Gasteiger partial charge in [-0.15, -0.1) is 0 Å². The number of methoxy groups -OCH3 is 1. The number of hydrogen-bond acceptors (Lipinski definition) is 5. The molecule has 7 heteroatoms. The fraction of sp³-hybridized carbons (Fsp3) is 0.250. The van der Waals surface area contributed by atoms with E-state index in [1.165, 1.54) is 0 Å². The Hall–Kier alpha value is -2.86. The minimum atomic E-state index is -0.119. The third kappa shape index (κ3) is 3.28. The summed E-state index contributed by atoms with van der Waals surface area (Å²) in [4.78, 5) is 18.8. The quantitative estimate of drug-likeness (QED) is 0.674. The molecular formula is C20H18ClN3O3. The summed E-state index contributed by atoms with van der Waals surface area (Å²) in [6, 6.07) is 13.0. The van der Waals surface area contributed by atoms with E-state index in [4.69, 9.17) is 20.9 Å². The van der Waals surface area contributed by atoms with Gasteiger partial charge in [0.15, 0.2) is 5.82 Å². The van der Waals surface area contributed by atoms with Crippen LogP contribution in [-0.2, 0) is 4.79 Å². The van der Waals surface area contributed by atoms with Crippen LogP contribution in [0.4, 0.5) is 5.69 Å². The molecule has 1 amide bonds. The molecule has 1 aliphatic rings. The monoisotopic (exact) mass is 383 g/mol. The second-order valence-electron chi connectivity index (χ2n) is 6.48. The highest BCUT2D eigenvalue weighted by molar-refractivity contribution is 6.31. The molecule has 2 aromatic carbocycles. The fourth-order valence-electron chi connectivity index (χ4n) is 3.25. The normalized spacial score (nSPS) is 16.8. The lowest BCUT2D eigenvalue weighted by molar-refractivity contribution is -0.117. The van der Waals surface area contributed by atoms with Crippen molar-refractivity contribution in [2.45, 2.75) is 19.3 Å². The average Bonchev–Trinajstić information content (AvgIpc) is 3.31. The SMILES string of the molecule is COc1ccc(-c2nc(C3CC(=O)N(c4cccc(Cl)c4C)C3)no2)cc1. The molecule has 0 spiro atoms. The van der Waals surface area contributed by atoms with Crippen LogP contribution in [0.3, 0.4) is 0 Å². The van der Waals surface area contributed by atoms with E-state index in [2.05, 4.69) is 10.1 Å². The van der Waals surface area contributed by atoms with E-state index < -0.39 is 0 Å². The Balaban J connectivity index is 1.56. The molecule has 0 aliphatic carbocycles. The minimum absolute atomic E-state index is 0.0289. The highest BCUT2D eigenvalue weighted by atomic mass is 35.5. The first-order chi connectivity index (χ1) is 13.1. The summed E-state index contributed by atoms with van der Waals surface area (Å²) < 4.78 is 10.6. The van der Waals surface area contributed by atoms with Gasteiger partial charge in [-0.3, -0.25) is 4.79 Å². The van der Waals surface area contributed by atoms with Crippen molar-refractivity contribution in [3.8, 4) is 17.2 Å². The molecule has 0 saturated carbocycles. The molecule has 3 aromatic rings. The van der Waals surface area contributed by atoms with E-state index in [1.807, 2.05) is 49.4 Å². The smallest absolute Gasteiger partial charge is 0.257 e. The van der Waals surface area contributed by atoms with Crippen molar-refractivity contribution >= 4 is 23.2 Å². The van der Waals surface area contributed by atoms with E-state index in [9.17, 15) is 4.79 Å². The number of anilines is 1. The number of nitrogens with zero attached hydrogens (tertiary/aromatic N) is 3. The van der Waals surface area contributed by atoms with Crippen molar-refractivity contribution in [1.82, 2.24) is 10.1 Å². The molecular weight excluding hydrogens is 366 g/mol.